The normalized spacial score (nSPS) is 14.7. The standard InChI is InChI=1S/C21H28F2N2O3/c1-14(19-9-6-10-28-19)11-20(27)25(4)13-16(26)12-24(3)15(2)21-17(22)7-5-8-18(21)23/h5-10,14-16,26H,11-13H2,1-4H3. The maximum Gasteiger partial charge on any atom is 0.223 e. The zero-order chi connectivity index (χ0) is 20.8. The molecule has 0 bridgehead atoms. The number of likely N-dealkylation sites (N-methyl/N-ethyl adjacent to an activating group) is 2. The lowest BCUT2D eigenvalue weighted by Gasteiger charge is -2.29. The van der Waals surface area contributed by atoms with Gasteiger partial charge in [0.05, 0.1) is 12.4 Å². The number of carbonyl (C=O) groups excluding carboxylic acids is 1. The Hall–Kier alpha value is -2.25. The number of halogens is 2. The van der Waals surface area contributed by atoms with Gasteiger partial charge in [0.1, 0.15) is 17.4 Å². The Bertz CT molecular complexity index is 747. The third-order valence-electron chi connectivity index (χ3n) is 5.00. The van der Waals surface area contributed by atoms with Crippen molar-refractivity contribution in [2.45, 2.75) is 38.3 Å². The summed E-state index contributed by atoms with van der Waals surface area (Å²) in [6.45, 7) is 3.87. The summed E-state index contributed by atoms with van der Waals surface area (Å²) in [5.41, 5.74) is -0.0334. The number of amides is 1. The van der Waals surface area contributed by atoms with Crippen molar-refractivity contribution in [2.75, 3.05) is 27.2 Å². The average molecular weight is 394 g/mol. The number of hydrogen-bond acceptors (Lipinski definition) is 4. The van der Waals surface area contributed by atoms with E-state index in [1.807, 2.05) is 13.0 Å². The Labute approximate surface area is 164 Å². The fourth-order valence-electron chi connectivity index (χ4n) is 3.19. The van der Waals surface area contributed by atoms with Crippen LogP contribution in [0.25, 0.3) is 0 Å². The van der Waals surface area contributed by atoms with Crippen molar-refractivity contribution >= 4 is 5.91 Å². The van der Waals surface area contributed by atoms with E-state index in [0.29, 0.717) is 0 Å². The number of carbonyl (C=O) groups is 1. The largest absolute Gasteiger partial charge is 0.469 e. The Morgan fingerprint density at radius 3 is 2.32 bits per heavy atom. The van der Waals surface area contributed by atoms with E-state index in [1.54, 1.807) is 38.2 Å². The van der Waals surface area contributed by atoms with Crippen LogP contribution in [0.2, 0.25) is 0 Å². The van der Waals surface area contributed by atoms with Crippen LogP contribution in [0.5, 0.6) is 0 Å². The van der Waals surface area contributed by atoms with E-state index in [2.05, 4.69) is 0 Å². The van der Waals surface area contributed by atoms with Gasteiger partial charge in [-0.05, 0) is 38.2 Å². The molecular weight excluding hydrogens is 366 g/mol. The third-order valence-corrected chi connectivity index (χ3v) is 5.00. The molecule has 2 aromatic rings. The van der Waals surface area contributed by atoms with Crippen LogP contribution in [0.15, 0.2) is 41.0 Å². The second-order valence-corrected chi connectivity index (χ2v) is 7.30. The van der Waals surface area contributed by atoms with Crippen LogP contribution in [-0.2, 0) is 4.79 Å². The third kappa shape index (κ3) is 5.62. The molecule has 0 aliphatic rings. The first-order chi connectivity index (χ1) is 13.2. The first-order valence-corrected chi connectivity index (χ1v) is 9.30. The predicted octanol–water partition coefficient (Wildman–Crippen LogP) is 3.56. The number of aliphatic hydroxyl groups is 1. The van der Waals surface area contributed by atoms with Gasteiger partial charge in [0.25, 0.3) is 0 Å². The van der Waals surface area contributed by atoms with E-state index in [0.717, 1.165) is 5.76 Å². The lowest BCUT2D eigenvalue weighted by Crippen LogP contribution is -2.41. The van der Waals surface area contributed by atoms with E-state index in [-0.39, 0.29) is 36.9 Å². The van der Waals surface area contributed by atoms with Crippen LogP contribution in [0.3, 0.4) is 0 Å². The second kappa shape index (κ2) is 9.80. The van der Waals surface area contributed by atoms with Crippen LogP contribution in [-0.4, -0.2) is 54.1 Å². The van der Waals surface area contributed by atoms with E-state index in [9.17, 15) is 18.7 Å². The molecule has 0 spiro atoms. The van der Waals surface area contributed by atoms with Gasteiger partial charge in [-0.15, -0.1) is 0 Å². The molecule has 1 N–H and O–H groups in total. The van der Waals surface area contributed by atoms with E-state index in [1.165, 1.54) is 23.1 Å². The monoisotopic (exact) mass is 394 g/mol. The molecule has 5 nitrogen and oxygen atoms in total. The molecule has 7 heteroatoms. The second-order valence-electron chi connectivity index (χ2n) is 7.30. The summed E-state index contributed by atoms with van der Waals surface area (Å²) in [5, 5.41) is 10.3. The number of rotatable bonds is 9. The van der Waals surface area contributed by atoms with Gasteiger partial charge in [-0.2, -0.15) is 0 Å². The van der Waals surface area contributed by atoms with Crippen molar-refractivity contribution < 1.29 is 23.1 Å². The number of benzene rings is 1. The van der Waals surface area contributed by atoms with Crippen molar-refractivity contribution in [2.24, 2.45) is 0 Å². The molecular formula is C21H28F2N2O3. The van der Waals surface area contributed by atoms with Crippen LogP contribution in [0.4, 0.5) is 8.78 Å². The molecule has 3 unspecified atom stereocenters. The van der Waals surface area contributed by atoms with Crippen LogP contribution in [0, 0.1) is 11.6 Å². The summed E-state index contributed by atoms with van der Waals surface area (Å²) in [4.78, 5) is 15.5. The minimum Gasteiger partial charge on any atom is -0.469 e. The first kappa shape index (κ1) is 22.0. The smallest absolute Gasteiger partial charge is 0.223 e. The van der Waals surface area contributed by atoms with Crippen molar-refractivity contribution in [1.29, 1.82) is 0 Å². The topological polar surface area (TPSA) is 56.9 Å². The first-order valence-electron chi connectivity index (χ1n) is 9.30. The lowest BCUT2D eigenvalue weighted by molar-refractivity contribution is -0.131. The minimum absolute atomic E-state index is 0.0334. The molecule has 0 fully saturated rings. The molecule has 3 atom stereocenters. The van der Waals surface area contributed by atoms with Crippen molar-refractivity contribution in [3.8, 4) is 0 Å². The zero-order valence-electron chi connectivity index (χ0n) is 16.7. The maximum atomic E-state index is 14.0. The highest BCUT2D eigenvalue weighted by atomic mass is 19.1. The highest BCUT2D eigenvalue weighted by Gasteiger charge is 2.23. The zero-order valence-corrected chi connectivity index (χ0v) is 16.7. The molecule has 1 aromatic heterocycles. The SMILES string of the molecule is CC(CC(=O)N(C)CC(O)CN(C)C(C)c1c(F)cccc1F)c1ccco1. The van der Waals surface area contributed by atoms with Crippen molar-refractivity contribution in [3.05, 3.63) is 59.6 Å². The van der Waals surface area contributed by atoms with Crippen molar-refractivity contribution in [1.82, 2.24) is 9.80 Å². The average Bonchev–Trinajstić information content (AvgIpc) is 3.15. The molecule has 2 rings (SSSR count). The maximum absolute atomic E-state index is 14.0. The molecule has 0 radical (unpaired) electrons. The molecule has 1 amide bonds. The quantitative estimate of drug-likeness (QED) is 0.707. The Morgan fingerprint density at radius 1 is 1.11 bits per heavy atom. The molecule has 1 aromatic carbocycles. The van der Waals surface area contributed by atoms with Gasteiger partial charge in [-0.25, -0.2) is 8.78 Å². The van der Waals surface area contributed by atoms with Gasteiger partial charge >= 0.3 is 0 Å². The summed E-state index contributed by atoms with van der Waals surface area (Å²) in [6, 6.07) is 6.79. The number of hydrogen-bond donors (Lipinski definition) is 1. The Kier molecular flexibility index (Phi) is 7.71. The Morgan fingerprint density at radius 2 is 1.75 bits per heavy atom. The molecule has 1 heterocycles. The summed E-state index contributed by atoms with van der Waals surface area (Å²) in [5.74, 6) is -0.670. The molecule has 0 saturated heterocycles. The summed E-state index contributed by atoms with van der Waals surface area (Å²) >= 11 is 0. The van der Waals surface area contributed by atoms with Crippen LogP contribution in [0.1, 0.15) is 43.6 Å². The lowest BCUT2D eigenvalue weighted by atomic mass is 10.0. The van der Waals surface area contributed by atoms with Crippen LogP contribution >= 0.6 is 0 Å². The molecule has 0 saturated carbocycles. The summed E-state index contributed by atoms with van der Waals surface area (Å²) in [7, 11) is 3.31. The molecule has 0 aliphatic heterocycles. The highest BCUT2D eigenvalue weighted by molar-refractivity contribution is 5.76. The molecule has 154 valence electrons. The van der Waals surface area contributed by atoms with Gasteiger partial charge in [0, 0.05) is 44.1 Å². The molecule has 0 aliphatic carbocycles. The minimum atomic E-state index is -0.852. The van der Waals surface area contributed by atoms with Gasteiger partial charge < -0.3 is 14.4 Å². The fraction of sp³-hybridized carbons (Fsp3) is 0.476. The summed E-state index contributed by atoms with van der Waals surface area (Å²) in [6.07, 6.45) is 0.984. The Balaban J connectivity index is 1.88. The van der Waals surface area contributed by atoms with E-state index < -0.39 is 23.8 Å². The number of nitrogens with zero attached hydrogens (tertiary/aromatic N) is 2. The van der Waals surface area contributed by atoms with Gasteiger partial charge in [-0.1, -0.05) is 13.0 Å². The van der Waals surface area contributed by atoms with Gasteiger partial charge in [0.15, 0.2) is 0 Å². The summed E-state index contributed by atoms with van der Waals surface area (Å²) < 4.78 is 33.2. The number of furan rings is 1. The van der Waals surface area contributed by atoms with E-state index >= 15 is 0 Å². The van der Waals surface area contributed by atoms with E-state index in [4.69, 9.17) is 4.42 Å². The fourth-order valence-corrected chi connectivity index (χ4v) is 3.19. The highest BCUT2D eigenvalue weighted by Crippen LogP contribution is 2.25. The van der Waals surface area contributed by atoms with Crippen LogP contribution < -0.4 is 0 Å². The van der Waals surface area contributed by atoms with Gasteiger partial charge in [0.2, 0.25) is 5.91 Å². The predicted molar refractivity (Wildman–Crippen MR) is 103 cm³/mol. The van der Waals surface area contributed by atoms with Gasteiger partial charge in [-0.3, -0.25) is 9.69 Å². The van der Waals surface area contributed by atoms with Crippen molar-refractivity contribution in [3.63, 3.8) is 0 Å². The number of aliphatic hydroxyl groups excluding tert-OH is 1. The molecule has 28 heavy (non-hydrogen) atoms.